The molecule has 1 aromatic rings. The van der Waals surface area contributed by atoms with E-state index in [2.05, 4.69) is 36.5 Å². The lowest BCUT2D eigenvalue weighted by Crippen LogP contribution is -2.35. The first-order valence-electron chi connectivity index (χ1n) is 9.25. The molecule has 0 fully saturated rings. The number of unbranched alkanes of at least 4 members (excludes halogenated alkanes) is 5. The molecule has 0 bridgehead atoms. The third kappa shape index (κ3) is 8.50. The SMILES string of the molecule is CCCCCCCCc1ccc(CCC(CO)C(O)NC)cc1. The van der Waals surface area contributed by atoms with E-state index in [1.54, 1.807) is 7.05 Å². The minimum absolute atomic E-state index is 0.0120. The Kier molecular flexibility index (Phi) is 11.0. The Morgan fingerprint density at radius 2 is 1.48 bits per heavy atom. The van der Waals surface area contributed by atoms with E-state index in [4.69, 9.17) is 0 Å². The molecule has 3 N–H and O–H groups in total. The molecule has 3 nitrogen and oxygen atoms in total. The zero-order chi connectivity index (χ0) is 16.9. The molecule has 0 amide bonds. The molecule has 1 aromatic carbocycles. The van der Waals surface area contributed by atoms with Gasteiger partial charge in [-0.15, -0.1) is 0 Å². The van der Waals surface area contributed by atoms with Gasteiger partial charge < -0.3 is 10.2 Å². The monoisotopic (exact) mass is 321 g/mol. The first-order valence-corrected chi connectivity index (χ1v) is 9.25. The lowest BCUT2D eigenvalue weighted by Gasteiger charge is -2.20. The molecule has 2 unspecified atom stereocenters. The van der Waals surface area contributed by atoms with Gasteiger partial charge in [0, 0.05) is 12.5 Å². The van der Waals surface area contributed by atoms with Gasteiger partial charge in [-0.05, 0) is 43.9 Å². The summed E-state index contributed by atoms with van der Waals surface area (Å²) in [6.07, 6.45) is 10.2. The van der Waals surface area contributed by atoms with E-state index < -0.39 is 6.23 Å². The van der Waals surface area contributed by atoms with Crippen LogP contribution in [-0.2, 0) is 12.8 Å². The number of benzene rings is 1. The van der Waals surface area contributed by atoms with Crippen molar-refractivity contribution in [3.8, 4) is 0 Å². The van der Waals surface area contributed by atoms with Gasteiger partial charge in [0.05, 0.1) is 0 Å². The summed E-state index contributed by atoms with van der Waals surface area (Å²) in [5.74, 6) is -0.109. The first-order chi connectivity index (χ1) is 11.2. The topological polar surface area (TPSA) is 52.5 Å². The van der Waals surface area contributed by atoms with E-state index in [0.29, 0.717) is 0 Å². The maximum Gasteiger partial charge on any atom is 0.109 e. The number of hydrogen-bond donors (Lipinski definition) is 3. The number of aryl methyl sites for hydroxylation is 2. The standard InChI is InChI=1S/C20H35NO2/c1-3-4-5-6-7-8-9-17-10-12-18(13-11-17)14-15-19(16-22)20(23)21-2/h10-13,19-23H,3-9,14-16H2,1-2H3. The molecule has 0 aliphatic carbocycles. The fourth-order valence-corrected chi connectivity index (χ4v) is 2.92. The second-order valence-electron chi connectivity index (χ2n) is 6.55. The van der Waals surface area contributed by atoms with Crippen molar-refractivity contribution in [1.29, 1.82) is 0 Å². The number of aliphatic hydroxyl groups is 2. The van der Waals surface area contributed by atoms with Crippen LogP contribution < -0.4 is 5.32 Å². The van der Waals surface area contributed by atoms with Crippen molar-refractivity contribution in [1.82, 2.24) is 5.32 Å². The van der Waals surface area contributed by atoms with E-state index in [1.807, 2.05) is 0 Å². The zero-order valence-electron chi connectivity index (χ0n) is 14.9. The second-order valence-corrected chi connectivity index (χ2v) is 6.55. The van der Waals surface area contributed by atoms with E-state index in [1.165, 1.54) is 56.1 Å². The van der Waals surface area contributed by atoms with Crippen LogP contribution in [0.2, 0.25) is 0 Å². The number of nitrogens with one attached hydrogen (secondary N) is 1. The van der Waals surface area contributed by atoms with Gasteiger partial charge in [-0.2, -0.15) is 0 Å². The van der Waals surface area contributed by atoms with Crippen LogP contribution in [0.4, 0.5) is 0 Å². The molecule has 23 heavy (non-hydrogen) atoms. The molecule has 0 radical (unpaired) electrons. The Hall–Kier alpha value is -0.900. The molecule has 3 heteroatoms. The van der Waals surface area contributed by atoms with Crippen LogP contribution >= 0.6 is 0 Å². The van der Waals surface area contributed by atoms with Gasteiger partial charge in [0.2, 0.25) is 0 Å². The van der Waals surface area contributed by atoms with Crippen LogP contribution in [0.25, 0.3) is 0 Å². The second kappa shape index (κ2) is 12.5. The molecule has 0 saturated carbocycles. The lowest BCUT2D eigenvalue weighted by molar-refractivity contribution is 0.0435. The largest absolute Gasteiger partial charge is 0.396 e. The molecule has 2 atom stereocenters. The van der Waals surface area contributed by atoms with Gasteiger partial charge in [0.15, 0.2) is 0 Å². The van der Waals surface area contributed by atoms with Gasteiger partial charge in [0.1, 0.15) is 6.23 Å². The molecule has 1 rings (SSSR count). The highest BCUT2D eigenvalue weighted by atomic mass is 16.3. The summed E-state index contributed by atoms with van der Waals surface area (Å²) in [5, 5.41) is 21.9. The third-order valence-electron chi connectivity index (χ3n) is 4.62. The number of aliphatic hydroxyl groups excluding tert-OH is 2. The summed E-state index contributed by atoms with van der Waals surface area (Å²) < 4.78 is 0. The Balaban J connectivity index is 2.27. The van der Waals surface area contributed by atoms with Crippen LogP contribution in [0.1, 0.15) is 63.0 Å². The smallest absolute Gasteiger partial charge is 0.109 e. The van der Waals surface area contributed by atoms with Crippen molar-refractivity contribution < 1.29 is 10.2 Å². The highest BCUT2D eigenvalue weighted by Crippen LogP contribution is 2.15. The van der Waals surface area contributed by atoms with Gasteiger partial charge in [0.25, 0.3) is 0 Å². The summed E-state index contributed by atoms with van der Waals surface area (Å²) >= 11 is 0. The average Bonchev–Trinajstić information content (AvgIpc) is 2.59. The molecular weight excluding hydrogens is 286 g/mol. The van der Waals surface area contributed by atoms with Gasteiger partial charge in [-0.1, -0.05) is 63.3 Å². The van der Waals surface area contributed by atoms with Gasteiger partial charge >= 0.3 is 0 Å². The summed E-state index contributed by atoms with van der Waals surface area (Å²) in [6.45, 7) is 2.27. The highest BCUT2D eigenvalue weighted by molar-refractivity contribution is 5.22. The van der Waals surface area contributed by atoms with Crippen molar-refractivity contribution >= 4 is 0 Å². The first kappa shape index (κ1) is 20.1. The lowest BCUT2D eigenvalue weighted by atomic mass is 9.97. The fraction of sp³-hybridized carbons (Fsp3) is 0.700. The normalized spacial score (nSPS) is 13.9. The predicted octanol–water partition coefficient (Wildman–Crippen LogP) is 3.67. The zero-order valence-corrected chi connectivity index (χ0v) is 14.9. The van der Waals surface area contributed by atoms with Gasteiger partial charge in [-0.25, -0.2) is 0 Å². The molecule has 0 heterocycles. The van der Waals surface area contributed by atoms with Crippen LogP contribution in [0.5, 0.6) is 0 Å². The molecule has 0 saturated heterocycles. The molecule has 0 spiro atoms. The van der Waals surface area contributed by atoms with E-state index in [0.717, 1.165) is 12.8 Å². The molecule has 132 valence electrons. The Morgan fingerprint density at radius 1 is 0.913 bits per heavy atom. The molecule has 0 aromatic heterocycles. The van der Waals surface area contributed by atoms with E-state index in [-0.39, 0.29) is 12.5 Å². The molecule has 0 aliphatic heterocycles. The van der Waals surface area contributed by atoms with E-state index >= 15 is 0 Å². The third-order valence-corrected chi connectivity index (χ3v) is 4.62. The van der Waals surface area contributed by atoms with Crippen molar-refractivity contribution in [3.63, 3.8) is 0 Å². The minimum atomic E-state index is -0.632. The summed E-state index contributed by atoms with van der Waals surface area (Å²) in [4.78, 5) is 0. The van der Waals surface area contributed by atoms with Crippen LogP contribution in [0.15, 0.2) is 24.3 Å². The van der Waals surface area contributed by atoms with Crippen molar-refractivity contribution in [3.05, 3.63) is 35.4 Å². The summed E-state index contributed by atoms with van der Waals surface area (Å²) in [7, 11) is 1.71. The minimum Gasteiger partial charge on any atom is -0.396 e. The predicted molar refractivity (Wildman–Crippen MR) is 97.5 cm³/mol. The average molecular weight is 322 g/mol. The van der Waals surface area contributed by atoms with E-state index in [9.17, 15) is 10.2 Å². The Bertz CT molecular complexity index is 391. The van der Waals surface area contributed by atoms with Crippen molar-refractivity contribution in [2.45, 2.75) is 70.9 Å². The Labute approximate surface area is 142 Å². The van der Waals surface area contributed by atoms with Crippen LogP contribution in [0, 0.1) is 5.92 Å². The molecular formula is C20H35NO2. The van der Waals surface area contributed by atoms with Crippen LogP contribution in [0.3, 0.4) is 0 Å². The number of hydrogen-bond acceptors (Lipinski definition) is 3. The fourth-order valence-electron chi connectivity index (χ4n) is 2.92. The van der Waals surface area contributed by atoms with Crippen molar-refractivity contribution in [2.75, 3.05) is 13.7 Å². The Morgan fingerprint density at radius 3 is 2.04 bits per heavy atom. The maximum absolute atomic E-state index is 9.74. The molecule has 0 aliphatic rings. The van der Waals surface area contributed by atoms with Crippen LogP contribution in [-0.4, -0.2) is 30.1 Å². The quantitative estimate of drug-likeness (QED) is 0.384. The number of rotatable bonds is 13. The maximum atomic E-state index is 9.74. The highest BCUT2D eigenvalue weighted by Gasteiger charge is 2.16. The summed E-state index contributed by atoms with van der Waals surface area (Å²) in [6, 6.07) is 8.83. The summed E-state index contributed by atoms with van der Waals surface area (Å²) in [5.41, 5.74) is 2.69. The van der Waals surface area contributed by atoms with Gasteiger partial charge in [-0.3, -0.25) is 5.32 Å². The van der Waals surface area contributed by atoms with Crippen molar-refractivity contribution in [2.24, 2.45) is 5.92 Å².